The lowest BCUT2D eigenvalue weighted by Gasteiger charge is -2.13. The quantitative estimate of drug-likeness (QED) is 0.572. The van der Waals surface area contributed by atoms with Crippen LogP contribution in [0, 0.1) is 0 Å². The van der Waals surface area contributed by atoms with Crippen molar-refractivity contribution >= 4 is 15.9 Å². The number of ether oxygens (including phenoxy) is 1. The first-order chi connectivity index (χ1) is 8.74. The smallest absolute Gasteiger partial charge is 0.133 e. The molecule has 1 heterocycles. The number of hydrogen-bond donors (Lipinski definition) is 3. The zero-order valence-electron chi connectivity index (χ0n) is 9.85. The van der Waals surface area contributed by atoms with Crippen LogP contribution in [0.25, 0.3) is 0 Å². The van der Waals surface area contributed by atoms with E-state index in [1.165, 1.54) is 0 Å². The van der Waals surface area contributed by atoms with Crippen LogP contribution in [0.2, 0.25) is 0 Å². The van der Waals surface area contributed by atoms with Gasteiger partial charge in [-0.05, 0) is 40.0 Å². The molecule has 0 bridgehead atoms. The Morgan fingerprint density at radius 1 is 1.56 bits per heavy atom. The third kappa shape index (κ3) is 2.87. The second-order valence-electron chi connectivity index (χ2n) is 3.79. The molecular formula is C11H14BrN5O. The van der Waals surface area contributed by atoms with Crippen molar-refractivity contribution in [2.75, 3.05) is 7.11 Å². The molecular weight excluding hydrogens is 298 g/mol. The van der Waals surface area contributed by atoms with Gasteiger partial charge in [0.15, 0.2) is 0 Å². The molecule has 0 aliphatic rings. The summed E-state index contributed by atoms with van der Waals surface area (Å²) in [6.07, 6.45) is 2.37. The molecule has 1 aromatic carbocycles. The van der Waals surface area contributed by atoms with E-state index in [-0.39, 0.29) is 6.04 Å². The van der Waals surface area contributed by atoms with E-state index in [0.717, 1.165) is 21.5 Å². The molecule has 2 rings (SSSR count). The Morgan fingerprint density at radius 3 is 2.94 bits per heavy atom. The highest BCUT2D eigenvalue weighted by Crippen LogP contribution is 2.27. The Hall–Kier alpha value is -1.44. The highest BCUT2D eigenvalue weighted by atomic mass is 79.9. The highest BCUT2D eigenvalue weighted by molar-refractivity contribution is 9.10. The minimum absolute atomic E-state index is 0.0796. The van der Waals surface area contributed by atoms with E-state index in [1.807, 2.05) is 18.2 Å². The normalized spacial score (nSPS) is 12.4. The summed E-state index contributed by atoms with van der Waals surface area (Å²) >= 11 is 3.46. The number of hydrogen-bond acceptors (Lipinski definition) is 5. The summed E-state index contributed by atoms with van der Waals surface area (Å²) in [4.78, 5) is 0. The molecule has 0 aliphatic carbocycles. The fourth-order valence-corrected chi connectivity index (χ4v) is 2.29. The number of nitrogens with zero attached hydrogens (tertiary/aromatic N) is 2. The summed E-state index contributed by atoms with van der Waals surface area (Å²) in [5, 5.41) is 10.4. The van der Waals surface area contributed by atoms with Crippen molar-refractivity contribution in [3.63, 3.8) is 0 Å². The van der Waals surface area contributed by atoms with Crippen LogP contribution in [0.1, 0.15) is 17.3 Å². The molecule has 0 spiro atoms. The van der Waals surface area contributed by atoms with E-state index in [0.29, 0.717) is 6.42 Å². The van der Waals surface area contributed by atoms with Gasteiger partial charge in [-0.15, -0.1) is 0 Å². The van der Waals surface area contributed by atoms with Crippen molar-refractivity contribution in [3.8, 4) is 5.75 Å². The maximum absolute atomic E-state index is 5.54. The van der Waals surface area contributed by atoms with Crippen molar-refractivity contribution in [2.24, 2.45) is 5.84 Å². The van der Waals surface area contributed by atoms with Crippen LogP contribution in [-0.2, 0) is 6.42 Å². The summed E-state index contributed by atoms with van der Waals surface area (Å²) in [5.41, 5.74) is 4.63. The monoisotopic (exact) mass is 311 g/mol. The molecule has 2 aromatic rings. The summed E-state index contributed by atoms with van der Waals surface area (Å²) in [6.45, 7) is 0. The molecule has 6 nitrogen and oxygen atoms in total. The molecule has 4 N–H and O–H groups in total. The lowest BCUT2D eigenvalue weighted by molar-refractivity contribution is 0.412. The lowest BCUT2D eigenvalue weighted by Crippen LogP contribution is -2.29. The van der Waals surface area contributed by atoms with Crippen LogP contribution >= 0.6 is 15.9 Å². The summed E-state index contributed by atoms with van der Waals surface area (Å²) in [7, 11) is 1.64. The fraction of sp³-hybridized carbons (Fsp3) is 0.273. The van der Waals surface area contributed by atoms with Gasteiger partial charge in [-0.2, -0.15) is 15.4 Å². The number of nitrogens with one attached hydrogen (secondary N) is 2. The third-order valence-corrected chi connectivity index (χ3v) is 3.27. The van der Waals surface area contributed by atoms with Gasteiger partial charge >= 0.3 is 0 Å². The van der Waals surface area contributed by atoms with Gasteiger partial charge in [-0.1, -0.05) is 6.07 Å². The number of aromatic nitrogens is 3. The topological polar surface area (TPSA) is 88.9 Å². The molecule has 0 radical (unpaired) electrons. The molecule has 96 valence electrons. The average molecular weight is 312 g/mol. The van der Waals surface area contributed by atoms with E-state index >= 15 is 0 Å². The number of rotatable bonds is 5. The molecule has 0 amide bonds. The van der Waals surface area contributed by atoms with Gasteiger partial charge in [0, 0.05) is 0 Å². The number of H-pyrrole nitrogens is 1. The molecule has 1 atom stereocenters. The predicted molar refractivity (Wildman–Crippen MR) is 70.8 cm³/mol. The van der Waals surface area contributed by atoms with Crippen LogP contribution in [0.4, 0.5) is 0 Å². The van der Waals surface area contributed by atoms with Crippen LogP contribution in [-0.4, -0.2) is 22.5 Å². The van der Waals surface area contributed by atoms with Gasteiger partial charge in [0.2, 0.25) is 0 Å². The first kappa shape index (κ1) is 13.0. The van der Waals surface area contributed by atoms with Crippen molar-refractivity contribution in [1.29, 1.82) is 0 Å². The number of methoxy groups -OCH3 is 1. The maximum atomic E-state index is 5.54. The largest absolute Gasteiger partial charge is 0.496 e. The van der Waals surface area contributed by atoms with Crippen molar-refractivity contribution in [2.45, 2.75) is 12.5 Å². The van der Waals surface area contributed by atoms with E-state index in [9.17, 15) is 0 Å². The standard InChI is InChI=1S/C11H14BrN5O/c1-18-11-3-2-7(4-8(11)12)5-9(15-13)10-6-14-17-16-10/h2-4,6,9,15H,5,13H2,1H3,(H,14,16,17). The van der Waals surface area contributed by atoms with Gasteiger partial charge < -0.3 is 4.74 Å². The van der Waals surface area contributed by atoms with Gasteiger partial charge in [-0.3, -0.25) is 11.3 Å². The number of nitrogens with two attached hydrogens (primary N) is 1. The van der Waals surface area contributed by atoms with Crippen LogP contribution < -0.4 is 16.0 Å². The highest BCUT2D eigenvalue weighted by Gasteiger charge is 2.14. The average Bonchev–Trinajstić information content (AvgIpc) is 2.90. The molecule has 0 aliphatic heterocycles. The van der Waals surface area contributed by atoms with Gasteiger partial charge in [0.25, 0.3) is 0 Å². The zero-order valence-corrected chi connectivity index (χ0v) is 11.4. The summed E-state index contributed by atoms with van der Waals surface area (Å²) < 4.78 is 6.10. The Morgan fingerprint density at radius 2 is 2.39 bits per heavy atom. The van der Waals surface area contributed by atoms with Crippen molar-refractivity contribution in [3.05, 3.63) is 40.1 Å². The number of aromatic amines is 1. The number of benzene rings is 1. The zero-order chi connectivity index (χ0) is 13.0. The molecule has 7 heteroatoms. The molecule has 1 unspecified atom stereocenters. The number of halogens is 1. The van der Waals surface area contributed by atoms with E-state index in [1.54, 1.807) is 13.3 Å². The van der Waals surface area contributed by atoms with Crippen LogP contribution in [0.15, 0.2) is 28.9 Å². The lowest BCUT2D eigenvalue weighted by atomic mass is 10.0. The van der Waals surface area contributed by atoms with E-state index in [2.05, 4.69) is 36.8 Å². The summed E-state index contributed by atoms with van der Waals surface area (Å²) in [5.74, 6) is 6.34. The predicted octanol–water partition coefficient (Wildman–Crippen LogP) is 1.32. The third-order valence-electron chi connectivity index (χ3n) is 2.65. The first-order valence-electron chi connectivity index (χ1n) is 5.38. The minimum atomic E-state index is -0.0796. The van der Waals surface area contributed by atoms with Gasteiger partial charge in [0.05, 0.1) is 23.8 Å². The Kier molecular flexibility index (Phi) is 4.29. The van der Waals surface area contributed by atoms with Crippen LogP contribution in [0.3, 0.4) is 0 Å². The molecule has 1 aromatic heterocycles. The summed E-state index contributed by atoms with van der Waals surface area (Å²) in [6, 6.07) is 5.83. The molecule has 0 fully saturated rings. The van der Waals surface area contributed by atoms with Gasteiger partial charge in [-0.25, -0.2) is 0 Å². The first-order valence-corrected chi connectivity index (χ1v) is 6.18. The van der Waals surface area contributed by atoms with E-state index in [4.69, 9.17) is 10.6 Å². The minimum Gasteiger partial charge on any atom is -0.496 e. The number of hydrazine groups is 1. The van der Waals surface area contributed by atoms with Gasteiger partial charge in [0.1, 0.15) is 11.4 Å². The maximum Gasteiger partial charge on any atom is 0.133 e. The molecule has 18 heavy (non-hydrogen) atoms. The molecule has 0 saturated carbocycles. The van der Waals surface area contributed by atoms with Crippen molar-refractivity contribution in [1.82, 2.24) is 20.8 Å². The van der Waals surface area contributed by atoms with Crippen molar-refractivity contribution < 1.29 is 4.74 Å². The SMILES string of the molecule is COc1ccc(CC(NN)c2cn[nH]n2)cc1Br. The fourth-order valence-electron chi connectivity index (χ4n) is 1.70. The Labute approximate surface area is 113 Å². The Balaban J connectivity index is 2.15. The Bertz CT molecular complexity index is 502. The van der Waals surface area contributed by atoms with E-state index < -0.39 is 0 Å². The second-order valence-corrected chi connectivity index (χ2v) is 4.64. The second kappa shape index (κ2) is 5.94. The molecule has 0 saturated heterocycles. The van der Waals surface area contributed by atoms with Crippen LogP contribution in [0.5, 0.6) is 5.75 Å².